The molecule has 0 saturated heterocycles. The molecule has 114 valence electrons. The second kappa shape index (κ2) is 7.69. The van der Waals surface area contributed by atoms with Crippen molar-refractivity contribution in [3.63, 3.8) is 0 Å². The number of thiazole rings is 1. The summed E-state index contributed by atoms with van der Waals surface area (Å²) in [7, 11) is 0. The molecule has 2 aromatic rings. The van der Waals surface area contributed by atoms with Gasteiger partial charge in [0.25, 0.3) is 0 Å². The van der Waals surface area contributed by atoms with Crippen LogP contribution in [-0.2, 0) is 19.4 Å². The number of aromatic nitrogens is 1. The molecule has 0 aliphatic rings. The van der Waals surface area contributed by atoms with E-state index < -0.39 is 0 Å². The average molecular weight is 304 g/mol. The molecule has 2 rings (SSSR count). The summed E-state index contributed by atoms with van der Waals surface area (Å²) < 4.78 is 0. The third kappa shape index (κ3) is 4.37. The normalized spacial score (nSPS) is 12.6. The van der Waals surface area contributed by atoms with Gasteiger partial charge in [0.05, 0.1) is 17.3 Å². The fourth-order valence-corrected chi connectivity index (χ4v) is 3.42. The molecule has 2 N–H and O–H groups in total. The molecule has 4 heteroatoms. The summed E-state index contributed by atoms with van der Waals surface area (Å²) in [6.45, 7) is 7.47. The number of benzene rings is 1. The molecule has 0 bridgehead atoms. The zero-order valence-corrected chi connectivity index (χ0v) is 13.8. The van der Waals surface area contributed by atoms with E-state index in [1.807, 2.05) is 23.5 Å². The molecule has 0 saturated carbocycles. The van der Waals surface area contributed by atoms with Crippen molar-refractivity contribution in [1.29, 1.82) is 0 Å². The van der Waals surface area contributed by atoms with E-state index in [4.69, 9.17) is 0 Å². The summed E-state index contributed by atoms with van der Waals surface area (Å²) in [5.41, 5.74) is 3.41. The van der Waals surface area contributed by atoms with Gasteiger partial charge >= 0.3 is 0 Å². The van der Waals surface area contributed by atoms with E-state index in [0.717, 1.165) is 24.9 Å². The van der Waals surface area contributed by atoms with Crippen LogP contribution in [0, 0.1) is 6.92 Å². The Bertz CT molecular complexity index is 580. The average Bonchev–Trinajstić information content (AvgIpc) is 2.87. The third-order valence-corrected chi connectivity index (χ3v) is 4.77. The van der Waals surface area contributed by atoms with Gasteiger partial charge in [-0.25, -0.2) is 4.98 Å². The lowest BCUT2D eigenvalue weighted by Gasteiger charge is -2.14. The van der Waals surface area contributed by atoms with Crippen LogP contribution in [0.5, 0.6) is 0 Å². The molecular weight excluding hydrogens is 280 g/mol. The van der Waals surface area contributed by atoms with Gasteiger partial charge < -0.3 is 10.4 Å². The van der Waals surface area contributed by atoms with Crippen molar-refractivity contribution in [2.24, 2.45) is 0 Å². The van der Waals surface area contributed by atoms with E-state index in [2.05, 4.69) is 43.2 Å². The van der Waals surface area contributed by atoms with Crippen molar-refractivity contribution >= 4 is 11.3 Å². The lowest BCUT2D eigenvalue weighted by molar-refractivity contribution is 0.281. The topological polar surface area (TPSA) is 45.2 Å². The fourth-order valence-electron chi connectivity index (χ4n) is 2.40. The minimum atomic E-state index is 0.0960. The highest BCUT2D eigenvalue weighted by molar-refractivity contribution is 7.11. The number of aliphatic hydroxyl groups is 1. The van der Waals surface area contributed by atoms with Gasteiger partial charge in [0.2, 0.25) is 0 Å². The summed E-state index contributed by atoms with van der Waals surface area (Å²) in [6.07, 6.45) is 1.98. The molecule has 0 fully saturated rings. The molecule has 1 heterocycles. The largest absolute Gasteiger partial charge is 0.392 e. The summed E-state index contributed by atoms with van der Waals surface area (Å²) in [5.74, 6) is 0. The first kappa shape index (κ1) is 16.1. The Balaban J connectivity index is 1.87. The number of hydrogen-bond acceptors (Lipinski definition) is 4. The fraction of sp³-hybridized carbons (Fsp3) is 0.471. The van der Waals surface area contributed by atoms with Gasteiger partial charge in [-0.2, -0.15) is 0 Å². The highest BCUT2D eigenvalue weighted by Gasteiger charge is 2.08. The van der Waals surface area contributed by atoms with Crippen LogP contribution in [0.1, 0.15) is 46.6 Å². The molecule has 21 heavy (non-hydrogen) atoms. The van der Waals surface area contributed by atoms with Crippen LogP contribution in [0.2, 0.25) is 0 Å². The quantitative estimate of drug-likeness (QED) is 0.824. The maximum absolute atomic E-state index is 9.19. The van der Waals surface area contributed by atoms with Crippen molar-refractivity contribution in [1.82, 2.24) is 10.3 Å². The second-order valence-corrected chi connectivity index (χ2v) is 6.58. The van der Waals surface area contributed by atoms with Gasteiger partial charge in [-0.15, -0.1) is 11.3 Å². The number of aliphatic hydroxyl groups excluding tert-OH is 1. The Labute approximate surface area is 131 Å². The lowest BCUT2D eigenvalue weighted by atomic mass is 10.1. The van der Waals surface area contributed by atoms with E-state index >= 15 is 0 Å². The maximum atomic E-state index is 9.19. The third-order valence-electron chi connectivity index (χ3n) is 3.69. The number of nitrogens with one attached hydrogen (secondary N) is 1. The molecule has 0 aliphatic carbocycles. The van der Waals surface area contributed by atoms with Crippen LogP contribution in [0.15, 0.2) is 24.3 Å². The Morgan fingerprint density at radius 2 is 2.19 bits per heavy atom. The van der Waals surface area contributed by atoms with E-state index in [1.54, 1.807) is 0 Å². The predicted octanol–water partition coefficient (Wildman–Crippen LogP) is 3.40. The van der Waals surface area contributed by atoms with Crippen LogP contribution in [0.3, 0.4) is 0 Å². The molecular formula is C17H24N2OS. The molecule has 0 radical (unpaired) electrons. The zero-order valence-electron chi connectivity index (χ0n) is 13.0. The van der Waals surface area contributed by atoms with Gasteiger partial charge in [-0.1, -0.05) is 31.2 Å². The number of hydrogen-bond donors (Lipinski definition) is 2. The summed E-state index contributed by atoms with van der Waals surface area (Å²) >= 11 is 1.81. The highest BCUT2D eigenvalue weighted by atomic mass is 32.1. The van der Waals surface area contributed by atoms with E-state index in [0.29, 0.717) is 0 Å². The Morgan fingerprint density at radius 3 is 2.86 bits per heavy atom. The number of rotatable bonds is 7. The lowest BCUT2D eigenvalue weighted by Crippen LogP contribution is -2.21. The number of aryl methyl sites for hydroxylation is 2. The van der Waals surface area contributed by atoms with Gasteiger partial charge in [0.15, 0.2) is 0 Å². The molecule has 3 nitrogen and oxygen atoms in total. The first-order valence-electron chi connectivity index (χ1n) is 7.52. The summed E-state index contributed by atoms with van der Waals surface area (Å²) in [4.78, 5) is 6.01. The van der Waals surface area contributed by atoms with Crippen molar-refractivity contribution < 1.29 is 5.11 Å². The SMILES string of the molecule is CCc1nc(CCNC(C)c2cccc(CO)c2)sc1C. The monoisotopic (exact) mass is 304 g/mol. The molecule has 1 aromatic heterocycles. The van der Waals surface area contributed by atoms with Gasteiger partial charge in [0, 0.05) is 23.9 Å². The standard InChI is InChI=1S/C17H24N2OS/c1-4-16-13(3)21-17(19-16)8-9-18-12(2)15-7-5-6-14(10-15)11-20/h5-7,10,12,18,20H,4,8-9,11H2,1-3H3. The summed E-state index contributed by atoms with van der Waals surface area (Å²) in [5, 5.41) is 13.9. The minimum Gasteiger partial charge on any atom is -0.392 e. The van der Waals surface area contributed by atoms with Crippen molar-refractivity contribution in [2.45, 2.75) is 46.3 Å². The van der Waals surface area contributed by atoms with Gasteiger partial charge in [-0.3, -0.25) is 0 Å². The number of nitrogens with zero attached hydrogens (tertiary/aromatic N) is 1. The molecule has 1 unspecified atom stereocenters. The van der Waals surface area contributed by atoms with Crippen LogP contribution in [0.25, 0.3) is 0 Å². The molecule has 0 aliphatic heterocycles. The molecule has 0 amide bonds. The van der Waals surface area contributed by atoms with Gasteiger partial charge in [0.1, 0.15) is 0 Å². The smallest absolute Gasteiger partial charge is 0.0943 e. The zero-order chi connectivity index (χ0) is 15.2. The Morgan fingerprint density at radius 1 is 1.38 bits per heavy atom. The van der Waals surface area contributed by atoms with Crippen LogP contribution in [0.4, 0.5) is 0 Å². The van der Waals surface area contributed by atoms with Crippen LogP contribution < -0.4 is 5.32 Å². The Kier molecular flexibility index (Phi) is 5.91. The van der Waals surface area contributed by atoms with E-state index in [1.165, 1.54) is 21.1 Å². The molecule has 1 aromatic carbocycles. The first-order chi connectivity index (χ1) is 10.1. The Hall–Kier alpha value is -1.23. The minimum absolute atomic E-state index is 0.0960. The van der Waals surface area contributed by atoms with Crippen molar-refractivity contribution in [3.8, 4) is 0 Å². The van der Waals surface area contributed by atoms with Gasteiger partial charge in [-0.05, 0) is 31.4 Å². The molecule has 0 spiro atoms. The summed E-state index contributed by atoms with van der Waals surface area (Å²) in [6, 6.07) is 8.38. The van der Waals surface area contributed by atoms with Crippen LogP contribution >= 0.6 is 11.3 Å². The van der Waals surface area contributed by atoms with Crippen molar-refractivity contribution in [3.05, 3.63) is 51.0 Å². The van der Waals surface area contributed by atoms with E-state index in [9.17, 15) is 5.11 Å². The maximum Gasteiger partial charge on any atom is 0.0943 e. The first-order valence-corrected chi connectivity index (χ1v) is 8.34. The molecule has 1 atom stereocenters. The second-order valence-electron chi connectivity index (χ2n) is 5.29. The van der Waals surface area contributed by atoms with Crippen molar-refractivity contribution in [2.75, 3.05) is 6.54 Å². The van der Waals surface area contributed by atoms with Crippen LogP contribution in [-0.4, -0.2) is 16.6 Å². The van der Waals surface area contributed by atoms with E-state index in [-0.39, 0.29) is 12.6 Å². The highest BCUT2D eigenvalue weighted by Crippen LogP contribution is 2.19. The predicted molar refractivity (Wildman–Crippen MR) is 88.7 cm³/mol.